The molecule has 0 radical (unpaired) electrons. The van der Waals surface area contributed by atoms with Crippen LogP contribution in [0.25, 0.3) is 0 Å². The van der Waals surface area contributed by atoms with Crippen molar-refractivity contribution in [2.24, 2.45) is 0 Å². The molecule has 0 spiro atoms. The summed E-state index contributed by atoms with van der Waals surface area (Å²) in [5, 5.41) is 15.5. The molecular weight excluding hydrogens is 274 g/mol. The SMILES string of the molecule is N#Cc1ccc(CNc2ccc(C3CNCCO3)cc2)cc1. The maximum Gasteiger partial charge on any atom is 0.0991 e. The van der Waals surface area contributed by atoms with E-state index in [0.29, 0.717) is 5.56 Å². The Morgan fingerprint density at radius 3 is 2.55 bits per heavy atom. The van der Waals surface area contributed by atoms with Gasteiger partial charge in [0.1, 0.15) is 0 Å². The molecule has 1 heterocycles. The van der Waals surface area contributed by atoms with Crippen molar-refractivity contribution in [1.29, 1.82) is 5.26 Å². The highest BCUT2D eigenvalue weighted by molar-refractivity contribution is 5.46. The van der Waals surface area contributed by atoms with Gasteiger partial charge in [0, 0.05) is 25.3 Å². The van der Waals surface area contributed by atoms with Crippen molar-refractivity contribution < 1.29 is 4.74 Å². The van der Waals surface area contributed by atoms with E-state index in [-0.39, 0.29) is 6.10 Å². The van der Waals surface area contributed by atoms with Crippen molar-refractivity contribution in [3.05, 3.63) is 65.2 Å². The van der Waals surface area contributed by atoms with E-state index < -0.39 is 0 Å². The van der Waals surface area contributed by atoms with Crippen molar-refractivity contribution in [1.82, 2.24) is 5.32 Å². The maximum absolute atomic E-state index is 8.79. The van der Waals surface area contributed by atoms with Gasteiger partial charge in [-0.1, -0.05) is 24.3 Å². The summed E-state index contributed by atoms with van der Waals surface area (Å²) < 4.78 is 5.75. The van der Waals surface area contributed by atoms with E-state index in [4.69, 9.17) is 10.00 Å². The summed E-state index contributed by atoms with van der Waals surface area (Å²) in [7, 11) is 0. The standard InChI is InChI=1S/C18H19N3O/c19-11-14-1-3-15(4-2-14)12-21-17-7-5-16(6-8-17)18-13-20-9-10-22-18/h1-8,18,20-21H,9-10,12-13H2. The molecule has 3 rings (SSSR count). The maximum atomic E-state index is 8.79. The zero-order valence-electron chi connectivity index (χ0n) is 12.4. The van der Waals surface area contributed by atoms with Crippen LogP contribution in [0.4, 0.5) is 5.69 Å². The number of anilines is 1. The average molecular weight is 293 g/mol. The second kappa shape index (κ2) is 7.08. The largest absolute Gasteiger partial charge is 0.381 e. The van der Waals surface area contributed by atoms with Crippen LogP contribution in [-0.2, 0) is 11.3 Å². The predicted octanol–water partition coefficient (Wildman–Crippen LogP) is 2.83. The minimum absolute atomic E-state index is 0.154. The molecule has 1 atom stereocenters. The molecule has 0 bridgehead atoms. The van der Waals surface area contributed by atoms with Crippen molar-refractivity contribution in [3.8, 4) is 6.07 Å². The molecule has 2 aromatic carbocycles. The van der Waals surface area contributed by atoms with Crippen molar-refractivity contribution in [3.63, 3.8) is 0 Å². The molecule has 4 nitrogen and oxygen atoms in total. The van der Waals surface area contributed by atoms with Gasteiger partial charge in [-0.3, -0.25) is 0 Å². The first-order valence-electron chi connectivity index (χ1n) is 7.50. The van der Waals surface area contributed by atoms with Crippen LogP contribution in [0.15, 0.2) is 48.5 Å². The Morgan fingerprint density at radius 1 is 1.14 bits per heavy atom. The monoisotopic (exact) mass is 293 g/mol. The fraction of sp³-hybridized carbons (Fsp3) is 0.278. The van der Waals surface area contributed by atoms with Gasteiger partial charge in [-0.25, -0.2) is 0 Å². The topological polar surface area (TPSA) is 57.1 Å². The van der Waals surface area contributed by atoms with Crippen LogP contribution in [-0.4, -0.2) is 19.7 Å². The van der Waals surface area contributed by atoms with Gasteiger partial charge in [0.15, 0.2) is 0 Å². The number of nitrogens with one attached hydrogen (secondary N) is 2. The summed E-state index contributed by atoms with van der Waals surface area (Å²) in [5.74, 6) is 0. The second-order valence-electron chi connectivity index (χ2n) is 5.35. The number of benzene rings is 2. The van der Waals surface area contributed by atoms with Crippen LogP contribution in [0.3, 0.4) is 0 Å². The van der Waals surface area contributed by atoms with Gasteiger partial charge in [0.25, 0.3) is 0 Å². The first kappa shape index (κ1) is 14.6. The van der Waals surface area contributed by atoms with Crippen LogP contribution in [0.2, 0.25) is 0 Å². The number of ether oxygens (including phenoxy) is 1. The van der Waals surface area contributed by atoms with Crippen LogP contribution in [0.5, 0.6) is 0 Å². The van der Waals surface area contributed by atoms with E-state index in [2.05, 4.69) is 41.0 Å². The first-order chi connectivity index (χ1) is 10.8. The summed E-state index contributed by atoms with van der Waals surface area (Å²) in [6.45, 7) is 3.31. The number of hydrogen-bond donors (Lipinski definition) is 2. The number of morpholine rings is 1. The predicted molar refractivity (Wildman–Crippen MR) is 86.5 cm³/mol. The number of nitriles is 1. The number of rotatable bonds is 4. The van der Waals surface area contributed by atoms with Gasteiger partial charge in [0.2, 0.25) is 0 Å². The second-order valence-corrected chi connectivity index (χ2v) is 5.35. The average Bonchev–Trinajstić information content (AvgIpc) is 2.61. The van der Waals surface area contributed by atoms with Gasteiger partial charge >= 0.3 is 0 Å². The lowest BCUT2D eigenvalue weighted by molar-refractivity contribution is 0.0277. The normalized spacial score (nSPS) is 17.7. The van der Waals surface area contributed by atoms with Crippen LogP contribution < -0.4 is 10.6 Å². The Hall–Kier alpha value is -2.35. The molecule has 1 aliphatic heterocycles. The summed E-state index contributed by atoms with van der Waals surface area (Å²) >= 11 is 0. The lowest BCUT2D eigenvalue weighted by atomic mass is 10.1. The molecule has 0 saturated carbocycles. The Labute approximate surface area is 130 Å². The molecule has 1 aliphatic rings. The van der Waals surface area contributed by atoms with Gasteiger partial charge < -0.3 is 15.4 Å². The number of nitrogens with zero attached hydrogens (tertiary/aromatic N) is 1. The fourth-order valence-electron chi connectivity index (χ4n) is 2.50. The van der Waals surface area contributed by atoms with E-state index in [1.807, 2.05) is 24.3 Å². The van der Waals surface area contributed by atoms with Crippen LogP contribution >= 0.6 is 0 Å². The van der Waals surface area contributed by atoms with E-state index >= 15 is 0 Å². The van der Waals surface area contributed by atoms with Crippen LogP contribution in [0, 0.1) is 11.3 Å². The Balaban J connectivity index is 1.57. The van der Waals surface area contributed by atoms with Gasteiger partial charge in [0.05, 0.1) is 24.3 Å². The van der Waals surface area contributed by atoms with Gasteiger partial charge in [-0.2, -0.15) is 5.26 Å². The third kappa shape index (κ3) is 3.64. The zero-order chi connectivity index (χ0) is 15.2. The molecule has 4 heteroatoms. The summed E-state index contributed by atoms with van der Waals surface area (Å²) in [5.41, 5.74) is 4.13. The van der Waals surface area contributed by atoms with Crippen molar-refractivity contribution >= 4 is 5.69 Å². The van der Waals surface area contributed by atoms with E-state index in [1.54, 1.807) is 0 Å². The molecule has 1 unspecified atom stereocenters. The molecule has 0 amide bonds. The molecule has 0 aromatic heterocycles. The molecule has 1 saturated heterocycles. The molecule has 0 aliphatic carbocycles. The highest BCUT2D eigenvalue weighted by Gasteiger charge is 2.14. The third-order valence-corrected chi connectivity index (χ3v) is 3.79. The highest BCUT2D eigenvalue weighted by atomic mass is 16.5. The quantitative estimate of drug-likeness (QED) is 0.910. The molecule has 2 aromatic rings. The van der Waals surface area contributed by atoms with Gasteiger partial charge in [-0.15, -0.1) is 0 Å². The minimum atomic E-state index is 0.154. The first-order valence-corrected chi connectivity index (χ1v) is 7.50. The van der Waals surface area contributed by atoms with Gasteiger partial charge in [-0.05, 0) is 35.4 Å². The Bertz CT molecular complexity index is 638. The lowest BCUT2D eigenvalue weighted by Gasteiger charge is -2.24. The molecular formula is C18H19N3O. The third-order valence-electron chi connectivity index (χ3n) is 3.79. The molecule has 2 N–H and O–H groups in total. The van der Waals surface area contributed by atoms with Crippen molar-refractivity contribution in [2.45, 2.75) is 12.6 Å². The minimum Gasteiger partial charge on any atom is -0.381 e. The number of hydrogen-bond acceptors (Lipinski definition) is 4. The molecule has 1 fully saturated rings. The van der Waals surface area contributed by atoms with E-state index in [1.165, 1.54) is 5.56 Å². The fourth-order valence-corrected chi connectivity index (χ4v) is 2.50. The summed E-state index contributed by atoms with van der Waals surface area (Å²) in [6, 6.07) is 18.1. The smallest absolute Gasteiger partial charge is 0.0991 e. The molecule has 22 heavy (non-hydrogen) atoms. The molecule has 112 valence electrons. The van der Waals surface area contributed by atoms with E-state index in [9.17, 15) is 0 Å². The Morgan fingerprint density at radius 2 is 1.91 bits per heavy atom. The summed E-state index contributed by atoms with van der Waals surface area (Å²) in [6.07, 6.45) is 0.154. The van der Waals surface area contributed by atoms with Crippen LogP contribution in [0.1, 0.15) is 22.8 Å². The van der Waals surface area contributed by atoms with E-state index in [0.717, 1.165) is 37.5 Å². The lowest BCUT2D eigenvalue weighted by Crippen LogP contribution is -2.33. The Kier molecular flexibility index (Phi) is 4.69. The highest BCUT2D eigenvalue weighted by Crippen LogP contribution is 2.21. The zero-order valence-corrected chi connectivity index (χ0v) is 12.4. The summed E-state index contributed by atoms with van der Waals surface area (Å²) in [4.78, 5) is 0. The van der Waals surface area contributed by atoms with Crippen molar-refractivity contribution in [2.75, 3.05) is 25.0 Å².